The van der Waals surface area contributed by atoms with E-state index in [2.05, 4.69) is 5.32 Å². The minimum atomic E-state index is -0.939. The van der Waals surface area contributed by atoms with Crippen molar-refractivity contribution >= 4 is 29.2 Å². The number of rotatable bonds is 5. The summed E-state index contributed by atoms with van der Waals surface area (Å²) in [5.74, 6) is -1.74. The lowest BCUT2D eigenvalue weighted by Gasteiger charge is -2.19. The van der Waals surface area contributed by atoms with Crippen LogP contribution in [0.5, 0.6) is 5.75 Å². The van der Waals surface area contributed by atoms with Crippen LogP contribution in [-0.2, 0) is 14.4 Å². The zero-order valence-electron chi connectivity index (χ0n) is 12.7. The number of nitrogens with one attached hydrogen (secondary N) is 1. The van der Waals surface area contributed by atoms with Gasteiger partial charge in [-0.3, -0.25) is 14.4 Å². The Balaban J connectivity index is 1.73. The van der Waals surface area contributed by atoms with E-state index in [1.165, 1.54) is 7.11 Å². The molecule has 1 aromatic rings. The number of benzene rings is 1. The van der Waals surface area contributed by atoms with Crippen LogP contribution in [0.3, 0.4) is 0 Å². The highest BCUT2D eigenvalue weighted by atomic mass is 16.5. The molecule has 1 saturated carbocycles. The Morgan fingerprint density at radius 2 is 2.13 bits per heavy atom. The van der Waals surface area contributed by atoms with Gasteiger partial charge in [-0.05, 0) is 25.0 Å². The van der Waals surface area contributed by atoms with E-state index >= 15 is 0 Å². The van der Waals surface area contributed by atoms with Crippen molar-refractivity contribution in [1.82, 2.24) is 0 Å². The van der Waals surface area contributed by atoms with Crippen molar-refractivity contribution in [1.29, 1.82) is 0 Å². The highest BCUT2D eigenvalue weighted by Crippen LogP contribution is 2.40. The van der Waals surface area contributed by atoms with E-state index in [-0.39, 0.29) is 11.8 Å². The smallest absolute Gasteiger partial charge is 0.307 e. The van der Waals surface area contributed by atoms with Crippen LogP contribution in [0.4, 0.5) is 11.4 Å². The molecule has 2 fully saturated rings. The van der Waals surface area contributed by atoms with Crippen LogP contribution in [0, 0.1) is 11.8 Å². The first-order valence-corrected chi connectivity index (χ1v) is 7.53. The zero-order valence-corrected chi connectivity index (χ0v) is 12.7. The fourth-order valence-corrected chi connectivity index (χ4v) is 2.87. The summed E-state index contributed by atoms with van der Waals surface area (Å²) >= 11 is 0. The van der Waals surface area contributed by atoms with Crippen LogP contribution in [0.2, 0.25) is 0 Å². The SMILES string of the molecule is COc1cc(NC(=O)C2CC2C(=O)O)ccc1N1CCCC1=O. The van der Waals surface area contributed by atoms with Gasteiger partial charge in [0.1, 0.15) is 5.75 Å². The van der Waals surface area contributed by atoms with E-state index in [0.29, 0.717) is 36.5 Å². The van der Waals surface area contributed by atoms with Gasteiger partial charge in [-0.2, -0.15) is 0 Å². The summed E-state index contributed by atoms with van der Waals surface area (Å²) in [6, 6.07) is 5.08. The van der Waals surface area contributed by atoms with E-state index in [9.17, 15) is 14.4 Å². The van der Waals surface area contributed by atoms with Crippen molar-refractivity contribution in [3.8, 4) is 5.75 Å². The second kappa shape index (κ2) is 5.91. The van der Waals surface area contributed by atoms with Gasteiger partial charge in [0, 0.05) is 24.7 Å². The van der Waals surface area contributed by atoms with Crippen LogP contribution < -0.4 is 15.0 Å². The third kappa shape index (κ3) is 2.99. The molecule has 23 heavy (non-hydrogen) atoms. The highest BCUT2D eigenvalue weighted by Gasteiger charge is 2.48. The van der Waals surface area contributed by atoms with E-state index in [1.807, 2.05) is 0 Å². The Kier molecular flexibility index (Phi) is 3.94. The molecule has 7 heteroatoms. The summed E-state index contributed by atoms with van der Waals surface area (Å²) in [6.07, 6.45) is 1.72. The quantitative estimate of drug-likeness (QED) is 0.857. The number of carbonyl (C=O) groups is 3. The predicted molar refractivity (Wildman–Crippen MR) is 82.4 cm³/mol. The first-order valence-electron chi connectivity index (χ1n) is 7.53. The molecule has 7 nitrogen and oxygen atoms in total. The number of anilines is 2. The molecule has 0 bridgehead atoms. The molecule has 1 heterocycles. The number of ether oxygens (including phenoxy) is 1. The summed E-state index contributed by atoms with van der Waals surface area (Å²) in [6.45, 7) is 0.656. The summed E-state index contributed by atoms with van der Waals surface area (Å²) in [5, 5.41) is 11.6. The number of amides is 2. The number of hydrogen-bond donors (Lipinski definition) is 2. The summed E-state index contributed by atoms with van der Waals surface area (Å²) in [5.41, 5.74) is 1.21. The summed E-state index contributed by atoms with van der Waals surface area (Å²) in [7, 11) is 1.51. The number of carboxylic acid groups (broad SMARTS) is 1. The van der Waals surface area contributed by atoms with Gasteiger partial charge in [0.05, 0.1) is 24.6 Å². The standard InChI is InChI=1S/C16H18N2O5/c1-23-13-7-9(17-15(20)10-8-11(10)16(21)22)4-5-12(13)18-6-2-3-14(18)19/h4-5,7,10-11H,2-3,6,8H2,1H3,(H,17,20)(H,21,22). The van der Waals surface area contributed by atoms with Crippen molar-refractivity contribution in [2.45, 2.75) is 19.3 Å². The van der Waals surface area contributed by atoms with Gasteiger partial charge in [0.15, 0.2) is 0 Å². The summed E-state index contributed by atoms with van der Waals surface area (Å²) < 4.78 is 5.32. The molecule has 2 unspecified atom stereocenters. The van der Waals surface area contributed by atoms with E-state index in [1.54, 1.807) is 23.1 Å². The van der Waals surface area contributed by atoms with Gasteiger partial charge >= 0.3 is 5.97 Å². The normalized spacial score (nSPS) is 22.8. The molecule has 2 amide bonds. The number of hydrogen-bond acceptors (Lipinski definition) is 4. The Morgan fingerprint density at radius 3 is 2.70 bits per heavy atom. The summed E-state index contributed by atoms with van der Waals surface area (Å²) in [4.78, 5) is 36.3. The fourth-order valence-electron chi connectivity index (χ4n) is 2.87. The molecule has 1 aliphatic heterocycles. The number of aliphatic carboxylic acids is 1. The first kappa shape index (κ1) is 15.3. The lowest BCUT2D eigenvalue weighted by Crippen LogP contribution is -2.24. The molecule has 122 valence electrons. The van der Waals surface area contributed by atoms with E-state index in [0.717, 1.165) is 6.42 Å². The van der Waals surface area contributed by atoms with Crippen molar-refractivity contribution in [2.75, 3.05) is 23.9 Å². The second-order valence-electron chi connectivity index (χ2n) is 5.81. The second-order valence-corrected chi connectivity index (χ2v) is 5.81. The maximum absolute atomic E-state index is 12.0. The first-order chi connectivity index (χ1) is 11.0. The molecule has 1 aromatic carbocycles. The van der Waals surface area contributed by atoms with E-state index in [4.69, 9.17) is 9.84 Å². The Morgan fingerprint density at radius 1 is 1.35 bits per heavy atom. The Bertz CT molecular complexity index is 672. The number of nitrogens with zero attached hydrogens (tertiary/aromatic N) is 1. The molecular formula is C16H18N2O5. The monoisotopic (exact) mass is 318 g/mol. The van der Waals surface area contributed by atoms with Gasteiger partial charge in [-0.15, -0.1) is 0 Å². The topological polar surface area (TPSA) is 95.9 Å². The van der Waals surface area contributed by atoms with Gasteiger partial charge in [-0.25, -0.2) is 0 Å². The van der Waals surface area contributed by atoms with Crippen molar-refractivity contribution in [3.63, 3.8) is 0 Å². The maximum Gasteiger partial charge on any atom is 0.307 e. The molecule has 0 spiro atoms. The number of carboxylic acids is 1. The Labute approximate surface area is 133 Å². The van der Waals surface area contributed by atoms with Gasteiger partial charge in [0.2, 0.25) is 11.8 Å². The molecule has 1 saturated heterocycles. The molecule has 0 aromatic heterocycles. The van der Waals surface area contributed by atoms with Crippen molar-refractivity contribution in [2.24, 2.45) is 11.8 Å². The molecule has 2 atom stereocenters. The average Bonchev–Trinajstić information content (AvgIpc) is 3.23. The fraction of sp³-hybridized carbons (Fsp3) is 0.438. The molecule has 2 aliphatic rings. The van der Waals surface area contributed by atoms with Gasteiger partial charge in [0.25, 0.3) is 0 Å². The van der Waals surface area contributed by atoms with Crippen LogP contribution in [0.15, 0.2) is 18.2 Å². The van der Waals surface area contributed by atoms with Gasteiger partial charge < -0.3 is 20.1 Å². The van der Waals surface area contributed by atoms with E-state index < -0.39 is 17.8 Å². The van der Waals surface area contributed by atoms with Crippen LogP contribution >= 0.6 is 0 Å². The maximum atomic E-state index is 12.0. The third-order valence-electron chi connectivity index (χ3n) is 4.26. The lowest BCUT2D eigenvalue weighted by molar-refractivity contribution is -0.139. The molecule has 3 rings (SSSR count). The zero-order chi connectivity index (χ0) is 16.6. The molecule has 0 radical (unpaired) electrons. The minimum Gasteiger partial charge on any atom is -0.494 e. The number of methoxy groups -OCH3 is 1. The van der Waals surface area contributed by atoms with Crippen LogP contribution in [0.25, 0.3) is 0 Å². The van der Waals surface area contributed by atoms with Crippen molar-refractivity contribution in [3.05, 3.63) is 18.2 Å². The van der Waals surface area contributed by atoms with Crippen LogP contribution in [0.1, 0.15) is 19.3 Å². The van der Waals surface area contributed by atoms with Crippen molar-refractivity contribution < 1.29 is 24.2 Å². The highest BCUT2D eigenvalue weighted by molar-refractivity contribution is 6.00. The third-order valence-corrected chi connectivity index (χ3v) is 4.26. The lowest BCUT2D eigenvalue weighted by atomic mass is 10.2. The Hall–Kier alpha value is -2.57. The molecule has 1 aliphatic carbocycles. The minimum absolute atomic E-state index is 0.0577. The van der Waals surface area contributed by atoms with Crippen LogP contribution in [-0.4, -0.2) is 36.5 Å². The van der Waals surface area contributed by atoms with Gasteiger partial charge in [-0.1, -0.05) is 0 Å². The molecular weight excluding hydrogens is 300 g/mol. The predicted octanol–water partition coefficient (Wildman–Crippen LogP) is 1.48. The largest absolute Gasteiger partial charge is 0.494 e. The molecule has 2 N–H and O–H groups in total. The average molecular weight is 318 g/mol. The number of carbonyl (C=O) groups excluding carboxylic acids is 2.